The molecule has 4 N–H and O–H groups in total. The van der Waals surface area contributed by atoms with Crippen LogP contribution >= 0.6 is 7.82 Å². The Labute approximate surface area is 237 Å². The molecule has 1 fully saturated rings. The molecule has 42 heavy (non-hydrogen) atoms. The van der Waals surface area contributed by atoms with Crippen LogP contribution in [0.15, 0.2) is 61.2 Å². The van der Waals surface area contributed by atoms with Gasteiger partial charge in [0.15, 0.2) is 23.3 Å². The number of ether oxygens (including phenoxy) is 3. The van der Waals surface area contributed by atoms with Crippen LogP contribution in [0.2, 0.25) is 0 Å². The predicted molar refractivity (Wildman–Crippen MR) is 141 cm³/mol. The number of hydrogen-bond acceptors (Lipinski definition) is 13. The van der Waals surface area contributed by atoms with Gasteiger partial charge in [-0.3, -0.25) is 9.09 Å². The summed E-state index contributed by atoms with van der Waals surface area (Å²) < 4.78 is 76.5. The average Bonchev–Trinajstić information content (AvgIpc) is 3.53. The predicted octanol–water partition coefficient (Wildman–Crippen LogP) is 2.96. The second-order valence-electron chi connectivity index (χ2n) is 9.04. The highest BCUT2D eigenvalue weighted by atomic mass is 31.2. The summed E-state index contributed by atoms with van der Waals surface area (Å²) in [5.74, 6) is 0.917. The fourth-order valence-corrected chi connectivity index (χ4v) is 5.49. The third kappa shape index (κ3) is 5.54. The van der Waals surface area contributed by atoms with Crippen molar-refractivity contribution in [3.63, 3.8) is 0 Å². The molecule has 224 valence electrons. The van der Waals surface area contributed by atoms with E-state index in [1.165, 1.54) is 62.8 Å². The zero-order chi connectivity index (χ0) is 30.1. The number of rotatable bonds is 11. The van der Waals surface area contributed by atoms with Crippen molar-refractivity contribution in [3.8, 4) is 23.0 Å². The molecule has 1 saturated heterocycles. The van der Waals surface area contributed by atoms with Gasteiger partial charge in [0.1, 0.15) is 47.1 Å². The monoisotopic (exact) mass is 609 g/mol. The second-order valence-corrected chi connectivity index (χ2v) is 10.6. The number of fused-ring (bicyclic) bond motifs is 1. The topological polar surface area (TPSA) is 183 Å². The van der Waals surface area contributed by atoms with Gasteiger partial charge >= 0.3 is 7.82 Å². The van der Waals surface area contributed by atoms with Crippen LogP contribution in [-0.2, 0) is 13.8 Å². The number of aliphatic hydroxyl groups excluding tert-OH is 2. The molecule has 4 aromatic rings. The number of methoxy groups -OCH3 is 2. The number of phosphoric acid groups is 1. The molecule has 2 aromatic heterocycles. The summed E-state index contributed by atoms with van der Waals surface area (Å²) in [5.41, 5.74) is 3.09. The summed E-state index contributed by atoms with van der Waals surface area (Å²) >= 11 is 0. The summed E-state index contributed by atoms with van der Waals surface area (Å²) in [5, 5.41) is 21.6. The standard InChI is InChI=1S/C25H26F2N5O9P/c1-36-14-3-7-16(8-4-14)40-42(35,41-17-9-5-15(37-2)6-10-17)38-11-25(24(26)27)20(34)19(33)23(39-25)32-13-31-18-21(28)29-12-30-22(18)32/h3-10,12-13,19-20,23-24,33-34H,11H2,1-2H3,(H2,28,29,30)/t19-,20-,23+,25+/m0/s1. The molecule has 14 nitrogen and oxygen atoms in total. The maximum absolute atomic E-state index is 14.7. The maximum atomic E-state index is 14.7. The van der Waals surface area contributed by atoms with E-state index in [1.807, 2.05) is 0 Å². The minimum absolute atomic E-state index is 0.00235. The van der Waals surface area contributed by atoms with Crippen LogP contribution < -0.4 is 24.3 Å². The highest BCUT2D eigenvalue weighted by Crippen LogP contribution is 2.52. The highest BCUT2D eigenvalue weighted by molar-refractivity contribution is 7.49. The van der Waals surface area contributed by atoms with E-state index >= 15 is 0 Å². The Balaban J connectivity index is 1.44. The first-order valence-corrected chi connectivity index (χ1v) is 13.7. The number of anilines is 1. The minimum Gasteiger partial charge on any atom is -0.497 e. The van der Waals surface area contributed by atoms with E-state index in [1.54, 1.807) is 0 Å². The van der Waals surface area contributed by atoms with Crippen LogP contribution in [-0.4, -0.2) is 74.8 Å². The van der Waals surface area contributed by atoms with Gasteiger partial charge in [0.2, 0.25) is 0 Å². The number of hydrogen-bond donors (Lipinski definition) is 3. The number of benzene rings is 2. The van der Waals surface area contributed by atoms with Crippen molar-refractivity contribution < 1.29 is 51.3 Å². The Hall–Kier alpha value is -4.08. The first kappa shape index (κ1) is 29.4. The first-order chi connectivity index (χ1) is 20.1. The summed E-state index contributed by atoms with van der Waals surface area (Å²) in [6.45, 7) is -1.23. The Morgan fingerprint density at radius 2 is 1.52 bits per heavy atom. The lowest BCUT2D eigenvalue weighted by molar-refractivity contribution is -0.192. The van der Waals surface area contributed by atoms with Crippen molar-refractivity contribution in [3.05, 3.63) is 61.2 Å². The first-order valence-electron chi connectivity index (χ1n) is 12.3. The Kier molecular flexibility index (Phi) is 8.17. The van der Waals surface area contributed by atoms with E-state index in [2.05, 4.69) is 15.0 Å². The molecule has 1 aliphatic heterocycles. The van der Waals surface area contributed by atoms with Gasteiger partial charge in [-0.25, -0.2) is 28.3 Å². The summed E-state index contributed by atoms with van der Waals surface area (Å²) in [6.07, 6.45) is -6.95. The number of aromatic nitrogens is 4. The van der Waals surface area contributed by atoms with Crippen LogP contribution in [0.25, 0.3) is 11.2 Å². The largest absolute Gasteiger partial charge is 0.587 e. The molecule has 5 rings (SSSR count). The zero-order valence-corrected chi connectivity index (χ0v) is 23.0. The van der Waals surface area contributed by atoms with Gasteiger partial charge in [-0.05, 0) is 48.5 Å². The normalized spacial score (nSPS) is 22.4. The van der Waals surface area contributed by atoms with Gasteiger partial charge in [0.25, 0.3) is 6.43 Å². The smallest absolute Gasteiger partial charge is 0.497 e. The van der Waals surface area contributed by atoms with E-state index in [-0.39, 0.29) is 28.5 Å². The number of nitrogens with two attached hydrogens (primary N) is 1. The van der Waals surface area contributed by atoms with Crippen molar-refractivity contribution in [2.24, 2.45) is 0 Å². The van der Waals surface area contributed by atoms with Crippen molar-refractivity contribution in [2.45, 2.75) is 30.5 Å². The van der Waals surface area contributed by atoms with Crippen molar-refractivity contribution >= 4 is 24.8 Å². The third-order valence-corrected chi connectivity index (χ3v) is 7.80. The molecule has 0 saturated carbocycles. The van der Waals surface area contributed by atoms with Gasteiger partial charge in [0.05, 0.1) is 27.2 Å². The van der Waals surface area contributed by atoms with Crippen LogP contribution in [0.3, 0.4) is 0 Å². The highest BCUT2D eigenvalue weighted by Gasteiger charge is 2.62. The van der Waals surface area contributed by atoms with Gasteiger partial charge in [-0.1, -0.05) is 0 Å². The SMILES string of the molecule is COc1ccc(OP(=O)(OC[C@@]2(C(F)F)O[C@@H](n3cnc4c(N)ncnc43)[C@@H](O)[C@@H]2O)Oc2ccc(OC)cc2)cc1. The molecule has 2 aromatic carbocycles. The molecule has 0 radical (unpaired) electrons. The lowest BCUT2D eigenvalue weighted by atomic mass is 9.96. The fraction of sp³-hybridized carbons (Fsp3) is 0.320. The number of imidazole rings is 1. The van der Waals surface area contributed by atoms with Crippen LogP contribution in [0.1, 0.15) is 6.23 Å². The lowest BCUT2D eigenvalue weighted by Crippen LogP contribution is -2.52. The summed E-state index contributed by atoms with van der Waals surface area (Å²) in [4.78, 5) is 11.9. The van der Waals surface area contributed by atoms with Gasteiger partial charge in [0, 0.05) is 0 Å². The number of alkyl halides is 2. The van der Waals surface area contributed by atoms with Crippen LogP contribution in [0.4, 0.5) is 14.6 Å². The molecular formula is C25H26F2N5O9P. The molecule has 1 aliphatic rings. The third-order valence-electron chi connectivity index (χ3n) is 6.49. The molecule has 0 spiro atoms. The molecule has 0 aliphatic carbocycles. The molecule has 3 heterocycles. The number of aliphatic hydroxyl groups is 2. The Morgan fingerprint density at radius 3 is 2.05 bits per heavy atom. The molecule has 17 heteroatoms. The van der Waals surface area contributed by atoms with Crippen LogP contribution in [0, 0.1) is 0 Å². The maximum Gasteiger partial charge on any atom is 0.587 e. The lowest BCUT2D eigenvalue weighted by Gasteiger charge is -2.31. The van der Waals surface area contributed by atoms with Crippen molar-refractivity contribution in [1.29, 1.82) is 0 Å². The van der Waals surface area contributed by atoms with Gasteiger partial charge in [-0.15, -0.1) is 0 Å². The second kappa shape index (κ2) is 11.7. The van der Waals surface area contributed by atoms with Crippen molar-refractivity contribution in [2.75, 3.05) is 26.6 Å². The molecular weight excluding hydrogens is 583 g/mol. The molecule has 0 unspecified atom stereocenters. The number of halogens is 2. The minimum atomic E-state index is -4.76. The van der Waals surface area contributed by atoms with Crippen molar-refractivity contribution in [1.82, 2.24) is 19.5 Å². The summed E-state index contributed by atoms with van der Waals surface area (Å²) in [7, 11) is -1.86. The van der Waals surface area contributed by atoms with E-state index in [0.29, 0.717) is 11.5 Å². The number of nitrogens with zero attached hydrogens (tertiary/aromatic N) is 4. The Morgan fingerprint density at radius 1 is 0.976 bits per heavy atom. The quantitative estimate of drug-likeness (QED) is 0.211. The van der Waals surface area contributed by atoms with E-state index in [9.17, 15) is 23.6 Å². The Bertz CT molecular complexity index is 1520. The van der Waals surface area contributed by atoms with E-state index in [4.69, 9.17) is 33.5 Å². The van der Waals surface area contributed by atoms with Gasteiger partial charge in [-0.2, -0.15) is 0 Å². The fourth-order valence-electron chi connectivity index (χ4n) is 4.23. The number of nitrogen functional groups attached to an aromatic ring is 1. The molecule has 0 amide bonds. The van der Waals surface area contributed by atoms with Gasteiger partial charge < -0.3 is 39.2 Å². The zero-order valence-electron chi connectivity index (χ0n) is 22.1. The van der Waals surface area contributed by atoms with Crippen LogP contribution in [0.5, 0.6) is 23.0 Å². The van der Waals surface area contributed by atoms with E-state index in [0.717, 1.165) is 17.2 Å². The summed E-state index contributed by atoms with van der Waals surface area (Å²) in [6, 6.07) is 11.6. The molecule has 0 bridgehead atoms. The molecule has 4 atom stereocenters. The number of phosphoric ester groups is 1. The van der Waals surface area contributed by atoms with E-state index < -0.39 is 44.9 Å². The average molecular weight is 609 g/mol.